The molecule has 0 bridgehead atoms. The summed E-state index contributed by atoms with van der Waals surface area (Å²) in [6.45, 7) is 4.91. The molecule has 0 aliphatic carbocycles. The van der Waals surface area contributed by atoms with E-state index in [1.165, 1.54) is 5.56 Å². The number of rotatable bonds is 5. The van der Waals surface area contributed by atoms with Crippen molar-refractivity contribution in [3.05, 3.63) is 59.7 Å². The van der Waals surface area contributed by atoms with Crippen molar-refractivity contribution in [1.82, 2.24) is 10.2 Å². The standard InChI is InChI=1S/C24H29N3O3/c1-18(28)27-13-6-11-24(17-27)16-26(2)22-10-9-19(15-21(22)24)23(29)25-12-14-30-20-7-4-3-5-8-20/h3-5,7-10,15H,6,11-14,16-17H2,1-2H3,(H,25,29). The van der Waals surface area contributed by atoms with E-state index >= 15 is 0 Å². The molecule has 30 heavy (non-hydrogen) atoms. The van der Waals surface area contributed by atoms with Crippen LogP contribution in [0.1, 0.15) is 35.7 Å². The van der Waals surface area contributed by atoms with E-state index in [1.54, 1.807) is 6.92 Å². The van der Waals surface area contributed by atoms with Crippen molar-refractivity contribution in [2.24, 2.45) is 0 Å². The molecule has 0 aromatic heterocycles. The number of nitrogens with zero attached hydrogens (tertiary/aromatic N) is 2. The molecule has 1 saturated heterocycles. The molecule has 2 amide bonds. The predicted octanol–water partition coefficient (Wildman–Crippen LogP) is 2.83. The van der Waals surface area contributed by atoms with E-state index in [4.69, 9.17) is 4.74 Å². The summed E-state index contributed by atoms with van der Waals surface area (Å²) in [5.41, 5.74) is 2.90. The van der Waals surface area contributed by atoms with Crippen LogP contribution in [0.3, 0.4) is 0 Å². The minimum atomic E-state index is -0.0987. The number of benzene rings is 2. The van der Waals surface area contributed by atoms with Crippen molar-refractivity contribution in [3.8, 4) is 5.75 Å². The smallest absolute Gasteiger partial charge is 0.251 e. The maximum atomic E-state index is 12.7. The Morgan fingerprint density at radius 1 is 1.13 bits per heavy atom. The van der Waals surface area contributed by atoms with Gasteiger partial charge >= 0.3 is 0 Å². The van der Waals surface area contributed by atoms with Crippen molar-refractivity contribution >= 4 is 17.5 Å². The number of carbonyl (C=O) groups excluding carboxylic acids is 2. The number of fused-ring (bicyclic) bond motifs is 2. The third-order valence-electron chi connectivity index (χ3n) is 6.20. The van der Waals surface area contributed by atoms with Crippen molar-refractivity contribution in [2.45, 2.75) is 25.2 Å². The summed E-state index contributed by atoms with van der Waals surface area (Å²) < 4.78 is 5.65. The van der Waals surface area contributed by atoms with Gasteiger partial charge in [0.1, 0.15) is 12.4 Å². The van der Waals surface area contributed by atoms with E-state index in [1.807, 2.05) is 53.4 Å². The van der Waals surface area contributed by atoms with Crippen molar-refractivity contribution in [3.63, 3.8) is 0 Å². The lowest BCUT2D eigenvalue weighted by Crippen LogP contribution is -2.49. The van der Waals surface area contributed by atoms with Gasteiger partial charge in [0.2, 0.25) is 5.91 Å². The van der Waals surface area contributed by atoms with Gasteiger partial charge in [-0.1, -0.05) is 18.2 Å². The highest BCUT2D eigenvalue weighted by Gasteiger charge is 2.45. The van der Waals surface area contributed by atoms with Crippen molar-refractivity contribution < 1.29 is 14.3 Å². The Morgan fingerprint density at radius 3 is 2.70 bits per heavy atom. The Balaban J connectivity index is 1.44. The van der Waals surface area contributed by atoms with Crippen LogP contribution >= 0.6 is 0 Å². The van der Waals surface area contributed by atoms with Crippen LogP contribution in [-0.4, -0.2) is 56.5 Å². The maximum absolute atomic E-state index is 12.7. The number of anilines is 1. The highest BCUT2D eigenvalue weighted by atomic mass is 16.5. The summed E-state index contributed by atoms with van der Waals surface area (Å²) in [6, 6.07) is 15.5. The first-order valence-corrected chi connectivity index (χ1v) is 10.6. The second-order valence-electron chi connectivity index (χ2n) is 8.33. The van der Waals surface area contributed by atoms with Gasteiger partial charge in [0, 0.05) is 50.3 Å². The number of ether oxygens (including phenoxy) is 1. The highest BCUT2D eigenvalue weighted by Crippen LogP contribution is 2.45. The van der Waals surface area contributed by atoms with Crippen molar-refractivity contribution in [2.75, 3.05) is 44.7 Å². The van der Waals surface area contributed by atoms with Crippen LogP contribution in [-0.2, 0) is 10.2 Å². The number of likely N-dealkylation sites (tertiary alicyclic amines) is 1. The molecule has 2 aromatic carbocycles. The van der Waals surface area contributed by atoms with Crippen LogP contribution in [0.25, 0.3) is 0 Å². The quantitative estimate of drug-likeness (QED) is 0.775. The fourth-order valence-corrected chi connectivity index (χ4v) is 4.76. The van der Waals surface area contributed by atoms with Crippen LogP contribution in [0, 0.1) is 0 Å². The van der Waals surface area contributed by atoms with E-state index in [-0.39, 0.29) is 17.2 Å². The molecule has 0 radical (unpaired) electrons. The Labute approximate surface area is 177 Å². The number of hydrogen-bond acceptors (Lipinski definition) is 4. The molecule has 1 spiro atoms. The monoisotopic (exact) mass is 407 g/mol. The number of piperidine rings is 1. The number of amides is 2. The second kappa shape index (κ2) is 8.38. The van der Waals surface area contributed by atoms with E-state index in [2.05, 4.69) is 17.3 Å². The third-order valence-corrected chi connectivity index (χ3v) is 6.20. The molecule has 2 heterocycles. The average Bonchev–Trinajstić information content (AvgIpc) is 3.02. The molecule has 1 N–H and O–H groups in total. The van der Waals surface area contributed by atoms with Gasteiger partial charge in [0.05, 0.1) is 6.54 Å². The predicted molar refractivity (Wildman–Crippen MR) is 117 cm³/mol. The lowest BCUT2D eigenvalue weighted by atomic mass is 9.75. The summed E-state index contributed by atoms with van der Waals surface area (Å²) in [6.07, 6.45) is 2.02. The molecular formula is C24H29N3O3. The summed E-state index contributed by atoms with van der Waals surface area (Å²) in [7, 11) is 2.08. The molecule has 1 unspecified atom stereocenters. The van der Waals surface area contributed by atoms with E-state index in [0.717, 1.165) is 43.9 Å². The second-order valence-corrected chi connectivity index (χ2v) is 8.33. The largest absolute Gasteiger partial charge is 0.492 e. The molecule has 1 atom stereocenters. The fourth-order valence-electron chi connectivity index (χ4n) is 4.76. The Bertz CT molecular complexity index is 931. The van der Waals surface area contributed by atoms with Crippen LogP contribution < -0.4 is 15.0 Å². The van der Waals surface area contributed by atoms with E-state index < -0.39 is 0 Å². The van der Waals surface area contributed by atoms with E-state index in [0.29, 0.717) is 18.7 Å². The lowest BCUT2D eigenvalue weighted by Gasteiger charge is -2.40. The Kier molecular flexibility index (Phi) is 5.66. The summed E-state index contributed by atoms with van der Waals surface area (Å²) in [5, 5.41) is 2.95. The molecule has 6 nitrogen and oxygen atoms in total. The maximum Gasteiger partial charge on any atom is 0.251 e. The van der Waals surface area contributed by atoms with Gasteiger partial charge in [-0.2, -0.15) is 0 Å². The minimum absolute atomic E-state index is 0.0965. The van der Waals surface area contributed by atoms with Crippen LogP contribution in [0.15, 0.2) is 48.5 Å². The molecule has 6 heteroatoms. The topological polar surface area (TPSA) is 61.9 Å². The molecule has 4 rings (SSSR count). The summed E-state index contributed by atoms with van der Waals surface area (Å²) in [5.74, 6) is 0.817. The number of para-hydroxylation sites is 1. The van der Waals surface area contributed by atoms with Gasteiger partial charge in [-0.25, -0.2) is 0 Å². The van der Waals surface area contributed by atoms with Gasteiger partial charge in [-0.3, -0.25) is 9.59 Å². The zero-order valence-corrected chi connectivity index (χ0v) is 17.7. The number of carbonyl (C=O) groups is 2. The Morgan fingerprint density at radius 2 is 1.93 bits per heavy atom. The summed E-state index contributed by atoms with van der Waals surface area (Å²) >= 11 is 0. The molecule has 1 fully saturated rings. The first kappa shape index (κ1) is 20.3. The van der Waals surface area contributed by atoms with Crippen LogP contribution in [0.5, 0.6) is 5.75 Å². The molecular weight excluding hydrogens is 378 g/mol. The van der Waals surface area contributed by atoms with Crippen LogP contribution in [0.2, 0.25) is 0 Å². The first-order valence-electron chi connectivity index (χ1n) is 10.6. The van der Waals surface area contributed by atoms with E-state index in [9.17, 15) is 9.59 Å². The highest BCUT2D eigenvalue weighted by molar-refractivity contribution is 5.95. The first-order chi connectivity index (χ1) is 14.5. The van der Waals surface area contributed by atoms with Crippen molar-refractivity contribution in [1.29, 1.82) is 0 Å². The normalized spacial score (nSPS) is 20.2. The van der Waals surface area contributed by atoms with Gasteiger partial charge in [0.15, 0.2) is 0 Å². The molecule has 2 aliphatic heterocycles. The molecule has 2 aliphatic rings. The number of nitrogens with one attached hydrogen (secondary N) is 1. The zero-order chi connectivity index (χ0) is 21.1. The molecule has 158 valence electrons. The lowest BCUT2D eigenvalue weighted by molar-refractivity contribution is -0.130. The minimum Gasteiger partial charge on any atom is -0.492 e. The average molecular weight is 408 g/mol. The van der Waals surface area contributed by atoms with Gasteiger partial charge in [-0.15, -0.1) is 0 Å². The number of likely N-dealkylation sites (N-methyl/N-ethyl adjacent to an activating group) is 1. The van der Waals surface area contributed by atoms with Gasteiger partial charge < -0.3 is 19.9 Å². The zero-order valence-electron chi connectivity index (χ0n) is 17.7. The molecule has 0 saturated carbocycles. The Hall–Kier alpha value is -3.02. The fraction of sp³-hybridized carbons (Fsp3) is 0.417. The van der Waals surface area contributed by atoms with Gasteiger partial charge in [0.25, 0.3) is 5.91 Å². The SMILES string of the molecule is CC(=O)N1CCCC2(C1)CN(C)c1ccc(C(=O)NCCOc3ccccc3)cc12. The molecule has 2 aromatic rings. The number of hydrogen-bond donors (Lipinski definition) is 1. The van der Waals surface area contributed by atoms with Gasteiger partial charge in [-0.05, 0) is 48.7 Å². The summed E-state index contributed by atoms with van der Waals surface area (Å²) in [4.78, 5) is 28.9. The third kappa shape index (κ3) is 3.99. The van der Waals surface area contributed by atoms with Crippen LogP contribution in [0.4, 0.5) is 5.69 Å².